The third-order valence-corrected chi connectivity index (χ3v) is 4.86. The molecule has 2 rings (SSSR count). The predicted octanol–water partition coefficient (Wildman–Crippen LogP) is 4.24. The third-order valence-electron chi connectivity index (χ3n) is 4.86. The molecule has 6 heteroatoms. The summed E-state index contributed by atoms with van der Waals surface area (Å²) in [5, 5.41) is 6.75. The molecule has 4 nitrogen and oxygen atoms in total. The highest BCUT2D eigenvalue weighted by Crippen LogP contribution is 2.35. The first-order valence-corrected chi connectivity index (χ1v) is 9.56. The number of nitrogens with zero attached hydrogens (tertiary/aromatic N) is 1. The summed E-state index contributed by atoms with van der Waals surface area (Å²) in [6, 6.07) is 6.89. The molecule has 26 heavy (non-hydrogen) atoms. The SMILES string of the molecule is CCCCCNC(=NCC1(c2ccc(F)cc2)CCOCC1)NCC.I. The van der Waals surface area contributed by atoms with Crippen LogP contribution in [0.2, 0.25) is 0 Å². The lowest BCUT2D eigenvalue weighted by molar-refractivity contribution is 0.0531. The summed E-state index contributed by atoms with van der Waals surface area (Å²) in [7, 11) is 0. The number of hydrogen-bond donors (Lipinski definition) is 2. The zero-order valence-electron chi connectivity index (χ0n) is 16.0. The molecular weight excluding hydrogens is 444 g/mol. The Balaban J connectivity index is 0.00000338. The molecule has 1 aliphatic rings. The number of rotatable bonds is 8. The van der Waals surface area contributed by atoms with Crippen LogP contribution in [-0.2, 0) is 10.2 Å². The average molecular weight is 477 g/mol. The van der Waals surface area contributed by atoms with Crippen molar-refractivity contribution in [2.24, 2.45) is 4.99 Å². The fraction of sp³-hybridized carbons (Fsp3) is 0.650. The number of hydrogen-bond acceptors (Lipinski definition) is 2. The minimum absolute atomic E-state index is 0. The van der Waals surface area contributed by atoms with E-state index >= 15 is 0 Å². The predicted molar refractivity (Wildman–Crippen MR) is 117 cm³/mol. The van der Waals surface area contributed by atoms with Crippen molar-refractivity contribution < 1.29 is 9.13 Å². The largest absolute Gasteiger partial charge is 0.381 e. The molecule has 0 bridgehead atoms. The number of benzene rings is 1. The number of nitrogens with one attached hydrogen (secondary N) is 2. The highest BCUT2D eigenvalue weighted by molar-refractivity contribution is 14.0. The van der Waals surface area contributed by atoms with Gasteiger partial charge in [-0.3, -0.25) is 4.99 Å². The van der Waals surface area contributed by atoms with E-state index in [9.17, 15) is 4.39 Å². The molecule has 0 saturated carbocycles. The van der Waals surface area contributed by atoms with Gasteiger partial charge in [-0.25, -0.2) is 4.39 Å². The van der Waals surface area contributed by atoms with E-state index in [0.29, 0.717) is 6.54 Å². The normalized spacial score (nSPS) is 16.7. The molecule has 1 aromatic rings. The molecule has 0 radical (unpaired) electrons. The molecule has 0 aliphatic carbocycles. The first kappa shape index (κ1) is 23.1. The maximum atomic E-state index is 13.3. The standard InChI is InChI=1S/C20H32FN3O.HI/c1-3-5-6-13-23-19(22-4-2)24-16-20(11-14-25-15-12-20)17-7-9-18(21)10-8-17;/h7-10H,3-6,11-16H2,1-2H3,(H2,22,23,24);1H. The van der Waals surface area contributed by atoms with Crippen molar-refractivity contribution in [3.63, 3.8) is 0 Å². The highest BCUT2D eigenvalue weighted by atomic mass is 127. The Morgan fingerprint density at radius 3 is 2.42 bits per heavy atom. The summed E-state index contributed by atoms with van der Waals surface area (Å²) in [5.41, 5.74) is 1.08. The zero-order chi connectivity index (χ0) is 18.0. The second-order valence-corrected chi connectivity index (χ2v) is 6.73. The summed E-state index contributed by atoms with van der Waals surface area (Å²) in [6.45, 7) is 8.20. The first-order valence-electron chi connectivity index (χ1n) is 9.56. The molecule has 1 aliphatic heterocycles. The molecule has 2 N–H and O–H groups in total. The topological polar surface area (TPSA) is 45.7 Å². The molecule has 0 spiro atoms. The fourth-order valence-corrected chi connectivity index (χ4v) is 3.26. The van der Waals surface area contributed by atoms with E-state index in [4.69, 9.17) is 9.73 Å². The molecule has 1 fully saturated rings. The van der Waals surface area contributed by atoms with Gasteiger partial charge in [-0.15, -0.1) is 24.0 Å². The maximum absolute atomic E-state index is 13.3. The second kappa shape index (κ2) is 12.5. The van der Waals surface area contributed by atoms with Gasteiger partial charge in [0.2, 0.25) is 0 Å². The number of guanidine groups is 1. The molecular formula is C20H33FIN3O. The Kier molecular flexibility index (Phi) is 11.1. The van der Waals surface area contributed by atoms with E-state index in [2.05, 4.69) is 24.5 Å². The quantitative estimate of drug-likeness (QED) is 0.255. The monoisotopic (exact) mass is 477 g/mol. The molecule has 0 amide bonds. The van der Waals surface area contributed by atoms with Gasteiger partial charge in [0.25, 0.3) is 0 Å². The Labute approximate surface area is 174 Å². The summed E-state index contributed by atoms with van der Waals surface area (Å²) >= 11 is 0. The van der Waals surface area contributed by atoms with Gasteiger partial charge in [0.05, 0.1) is 6.54 Å². The Hall–Kier alpha value is -0.890. The van der Waals surface area contributed by atoms with Gasteiger partial charge in [0.15, 0.2) is 5.96 Å². The molecule has 0 unspecified atom stereocenters. The highest BCUT2D eigenvalue weighted by Gasteiger charge is 2.34. The Morgan fingerprint density at radius 1 is 1.12 bits per heavy atom. The lowest BCUT2D eigenvalue weighted by Crippen LogP contribution is -2.41. The van der Waals surface area contributed by atoms with Crippen LogP contribution in [0.5, 0.6) is 0 Å². The minimum Gasteiger partial charge on any atom is -0.381 e. The van der Waals surface area contributed by atoms with Crippen molar-refractivity contribution in [3.05, 3.63) is 35.6 Å². The van der Waals surface area contributed by atoms with Crippen molar-refractivity contribution in [2.45, 2.75) is 51.4 Å². The van der Waals surface area contributed by atoms with Crippen molar-refractivity contribution in [1.29, 1.82) is 0 Å². The summed E-state index contributed by atoms with van der Waals surface area (Å²) in [6.07, 6.45) is 5.42. The summed E-state index contributed by atoms with van der Waals surface area (Å²) in [4.78, 5) is 4.85. The maximum Gasteiger partial charge on any atom is 0.191 e. The summed E-state index contributed by atoms with van der Waals surface area (Å²) < 4.78 is 18.9. The van der Waals surface area contributed by atoms with E-state index in [0.717, 1.165) is 57.1 Å². The van der Waals surface area contributed by atoms with E-state index in [1.54, 1.807) is 12.1 Å². The van der Waals surface area contributed by atoms with Crippen molar-refractivity contribution in [1.82, 2.24) is 10.6 Å². The number of ether oxygens (including phenoxy) is 1. The van der Waals surface area contributed by atoms with Gasteiger partial charge in [-0.2, -0.15) is 0 Å². The number of unbranched alkanes of at least 4 members (excludes halogenated alkanes) is 2. The van der Waals surface area contributed by atoms with Crippen LogP contribution in [0.1, 0.15) is 51.5 Å². The van der Waals surface area contributed by atoms with Crippen LogP contribution in [0, 0.1) is 5.82 Å². The second-order valence-electron chi connectivity index (χ2n) is 6.73. The van der Waals surface area contributed by atoms with E-state index in [-0.39, 0.29) is 35.2 Å². The molecule has 1 aromatic carbocycles. The zero-order valence-corrected chi connectivity index (χ0v) is 18.4. The van der Waals surface area contributed by atoms with Gasteiger partial charge in [-0.1, -0.05) is 31.9 Å². The van der Waals surface area contributed by atoms with Gasteiger partial charge in [-0.05, 0) is 43.9 Å². The lowest BCUT2D eigenvalue weighted by atomic mass is 9.74. The van der Waals surface area contributed by atoms with E-state index in [1.165, 1.54) is 12.8 Å². The fourth-order valence-electron chi connectivity index (χ4n) is 3.26. The molecule has 1 heterocycles. The van der Waals surface area contributed by atoms with Crippen LogP contribution in [0.4, 0.5) is 4.39 Å². The van der Waals surface area contributed by atoms with Gasteiger partial charge in [0.1, 0.15) is 5.82 Å². The molecule has 1 saturated heterocycles. The van der Waals surface area contributed by atoms with Crippen LogP contribution >= 0.6 is 24.0 Å². The Morgan fingerprint density at radius 2 is 1.81 bits per heavy atom. The lowest BCUT2D eigenvalue weighted by Gasteiger charge is -2.36. The van der Waals surface area contributed by atoms with Crippen molar-refractivity contribution >= 4 is 29.9 Å². The van der Waals surface area contributed by atoms with Gasteiger partial charge >= 0.3 is 0 Å². The Bertz CT molecular complexity index is 530. The van der Waals surface area contributed by atoms with E-state index < -0.39 is 0 Å². The van der Waals surface area contributed by atoms with Gasteiger partial charge in [0, 0.05) is 31.7 Å². The van der Waals surface area contributed by atoms with Crippen LogP contribution in [0.25, 0.3) is 0 Å². The van der Waals surface area contributed by atoms with Crippen LogP contribution in [-0.4, -0.2) is 38.8 Å². The first-order chi connectivity index (χ1) is 12.2. The van der Waals surface area contributed by atoms with Crippen LogP contribution in [0.3, 0.4) is 0 Å². The minimum atomic E-state index is -0.194. The number of aliphatic imine (C=N–C) groups is 1. The molecule has 0 aromatic heterocycles. The van der Waals surface area contributed by atoms with Crippen LogP contribution < -0.4 is 10.6 Å². The third kappa shape index (κ3) is 7.02. The molecule has 0 atom stereocenters. The van der Waals surface area contributed by atoms with Crippen molar-refractivity contribution in [2.75, 3.05) is 32.8 Å². The molecule has 148 valence electrons. The van der Waals surface area contributed by atoms with Crippen LogP contribution in [0.15, 0.2) is 29.3 Å². The average Bonchev–Trinajstić information content (AvgIpc) is 2.64. The summed E-state index contributed by atoms with van der Waals surface area (Å²) in [5.74, 6) is 0.673. The smallest absolute Gasteiger partial charge is 0.191 e. The van der Waals surface area contributed by atoms with Crippen molar-refractivity contribution in [3.8, 4) is 0 Å². The van der Waals surface area contributed by atoms with Gasteiger partial charge < -0.3 is 15.4 Å². The number of halogens is 2. The van der Waals surface area contributed by atoms with E-state index in [1.807, 2.05) is 12.1 Å².